The molecule has 0 aromatic rings. The van der Waals surface area contributed by atoms with Crippen LogP contribution in [0.3, 0.4) is 0 Å². The number of ether oxygens (including phenoxy) is 1. The van der Waals surface area contributed by atoms with E-state index < -0.39 is 0 Å². The molecule has 1 saturated heterocycles. The van der Waals surface area contributed by atoms with Crippen molar-refractivity contribution in [2.45, 2.75) is 88.0 Å². The summed E-state index contributed by atoms with van der Waals surface area (Å²) in [6, 6.07) is -0.00221. The number of carbonyl (C=O) groups excluding carboxylic acids is 1. The monoisotopic (exact) mass is 296 g/mol. The van der Waals surface area contributed by atoms with Gasteiger partial charge in [0.05, 0.1) is 17.7 Å². The van der Waals surface area contributed by atoms with E-state index in [1.54, 1.807) is 0 Å². The maximum absolute atomic E-state index is 12.2. The Kier molecular flexibility index (Phi) is 4.69. The quantitative estimate of drug-likeness (QED) is 0.730. The number of nitrogens with one attached hydrogen (secondary N) is 2. The zero-order chi connectivity index (χ0) is 14.7. The van der Waals surface area contributed by atoms with Gasteiger partial charge in [-0.3, -0.25) is 0 Å². The van der Waals surface area contributed by atoms with E-state index >= 15 is 0 Å². The average Bonchev–Trinajstić information content (AvgIpc) is 2.89. The summed E-state index contributed by atoms with van der Waals surface area (Å²) in [6.45, 7) is 0.747. The molecule has 3 fully saturated rings. The van der Waals surface area contributed by atoms with Crippen molar-refractivity contribution < 1.29 is 14.6 Å². The van der Waals surface area contributed by atoms with Crippen LogP contribution in [0, 0.1) is 0 Å². The Morgan fingerprint density at radius 1 is 1.05 bits per heavy atom. The van der Waals surface area contributed by atoms with Crippen LogP contribution in [0.4, 0.5) is 4.79 Å². The summed E-state index contributed by atoms with van der Waals surface area (Å²) in [6.07, 6.45) is 10.0. The molecule has 0 radical (unpaired) electrons. The van der Waals surface area contributed by atoms with Crippen molar-refractivity contribution >= 4 is 6.03 Å². The maximum Gasteiger partial charge on any atom is 0.315 e. The molecule has 21 heavy (non-hydrogen) atoms. The molecule has 2 amide bonds. The molecule has 3 aliphatic rings. The Balaban J connectivity index is 1.48. The molecule has 3 unspecified atom stereocenters. The number of rotatable bonds is 2. The molecule has 0 bridgehead atoms. The van der Waals surface area contributed by atoms with E-state index in [4.69, 9.17) is 4.74 Å². The number of aliphatic hydroxyl groups excluding tert-OH is 1. The molecular formula is C16H28N2O3. The van der Waals surface area contributed by atoms with Gasteiger partial charge in [0, 0.05) is 12.6 Å². The van der Waals surface area contributed by atoms with Crippen LogP contribution in [0.5, 0.6) is 0 Å². The van der Waals surface area contributed by atoms with Gasteiger partial charge in [-0.25, -0.2) is 4.79 Å². The van der Waals surface area contributed by atoms with Crippen molar-refractivity contribution in [2.75, 3.05) is 6.61 Å². The third-order valence-corrected chi connectivity index (χ3v) is 5.39. The van der Waals surface area contributed by atoms with Gasteiger partial charge < -0.3 is 20.5 Å². The number of urea groups is 1. The summed E-state index contributed by atoms with van der Waals surface area (Å²) in [5.74, 6) is 0. The fraction of sp³-hybridized carbons (Fsp3) is 0.938. The van der Waals surface area contributed by atoms with Crippen LogP contribution in [0.2, 0.25) is 0 Å². The topological polar surface area (TPSA) is 70.6 Å². The maximum atomic E-state index is 12.2. The molecular weight excluding hydrogens is 268 g/mol. The Hall–Kier alpha value is -0.810. The van der Waals surface area contributed by atoms with Crippen LogP contribution >= 0.6 is 0 Å². The van der Waals surface area contributed by atoms with Crippen LogP contribution in [0.25, 0.3) is 0 Å². The molecule has 2 aliphatic carbocycles. The Labute approximate surface area is 126 Å². The van der Waals surface area contributed by atoms with Gasteiger partial charge in [0.1, 0.15) is 0 Å². The molecule has 1 heterocycles. The number of aliphatic hydroxyl groups is 1. The fourth-order valence-corrected chi connectivity index (χ4v) is 4.19. The van der Waals surface area contributed by atoms with Crippen LogP contribution < -0.4 is 10.6 Å². The van der Waals surface area contributed by atoms with Gasteiger partial charge in [0.25, 0.3) is 0 Å². The zero-order valence-corrected chi connectivity index (χ0v) is 12.8. The van der Waals surface area contributed by atoms with Crippen molar-refractivity contribution in [3.05, 3.63) is 0 Å². The lowest BCUT2D eigenvalue weighted by Crippen LogP contribution is -2.54. The largest absolute Gasteiger partial charge is 0.391 e. The molecule has 2 saturated carbocycles. The lowest BCUT2D eigenvalue weighted by atomic mass is 9.89. The van der Waals surface area contributed by atoms with Gasteiger partial charge in [0.2, 0.25) is 0 Å². The fourth-order valence-electron chi connectivity index (χ4n) is 4.19. The highest BCUT2D eigenvalue weighted by molar-refractivity contribution is 5.74. The first kappa shape index (κ1) is 15.1. The van der Waals surface area contributed by atoms with E-state index in [1.807, 2.05) is 0 Å². The second kappa shape index (κ2) is 6.53. The minimum Gasteiger partial charge on any atom is -0.391 e. The van der Waals surface area contributed by atoms with E-state index in [1.165, 1.54) is 12.8 Å². The standard InChI is InChI=1S/C16H28N2O3/c19-14-6-2-1-5-13(14)18-15(20)17-12-7-10-21-16(11-12)8-3-4-9-16/h12-14,19H,1-11H2,(H2,17,18,20). The molecule has 0 aromatic carbocycles. The van der Waals surface area contributed by atoms with Crippen molar-refractivity contribution in [1.29, 1.82) is 0 Å². The molecule has 120 valence electrons. The summed E-state index contributed by atoms with van der Waals surface area (Å²) in [4.78, 5) is 12.2. The van der Waals surface area contributed by atoms with Gasteiger partial charge in [-0.1, -0.05) is 25.7 Å². The first-order valence-electron chi connectivity index (χ1n) is 8.56. The third kappa shape index (κ3) is 3.69. The van der Waals surface area contributed by atoms with Crippen LogP contribution in [-0.2, 0) is 4.74 Å². The number of hydrogen-bond donors (Lipinski definition) is 3. The highest BCUT2D eigenvalue weighted by atomic mass is 16.5. The molecule has 3 atom stereocenters. The van der Waals surface area contributed by atoms with Crippen molar-refractivity contribution in [1.82, 2.24) is 10.6 Å². The first-order chi connectivity index (χ1) is 10.2. The normalized spacial score (nSPS) is 35.6. The number of amides is 2. The molecule has 3 N–H and O–H groups in total. The lowest BCUT2D eigenvalue weighted by molar-refractivity contribution is -0.0821. The van der Waals surface area contributed by atoms with Gasteiger partial charge in [-0.15, -0.1) is 0 Å². The Morgan fingerprint density at radius 3 is 2.57 bits per heavy atom. The van der Waals surface area contributed by atoms with Crippen molar-refractivity contribution in [3.63, 3.8) is 0 Å². The van der Waals surface area contributed by atoms with E-state index in [9.17, 15) is 9.90 Å². The number of hydrogen-bond acceptors (Lipinski definition) is 3. The van der Waals surface area contributed by atoms with Gasteiger partial charge >= 0.3 is 6.03 Å². The molecule has 1 aliphatic heterocycles. The summed E-state index contributed by atoms with van der Waals surface area (Å²) in [5.41, 5.74) is 0.0283. The van der Waals surface area contributed by atoms with Crippen LogP contribution in [-0.4, -0.2) is 41.5 Å². The van der Waals surface area contributed by atoms with Gasteiger partial charge in [0.15, 0.2) is 0 Å². The first-order valence-corrected chi connectivity index (χ1v) is 8.56. The van der Waals surface area contributed by atoms with Crippen LogP contribution in [0.1, 0.15) is 64.2 Å². The lowest BCUT2D eigenvalue weighted by Gasteiger charge is -2.39. The summed E-state index contributed by atoms with van der Waals surface area (Å²) in [7, 11) is 0. The van der Waals surface area contributed by atoms with E-state index in [2.05, 4.69) is 10.6 Å². The molecule has 3 rings (SSSR count). The minimum atomic E-state index is -0.389. The highest BCUT2D eigenvalue weighted by Crippen LogP contribution is 2.39. The van der Waals surface area contributed by atoms with Crippen molar-refractivity contribution in [3.8, 4) is 0 Å². The summed E-state index contributed by atoms with van der Waals surface area (Å²) < 4.78 is 5.99. The third-order valence-electron chi connectivity index (χ3n) is 5.39. The Bertz CT molecular complexity index is 369. The second-order valence-electron chi connectivity index (χ2n) is 7.00. The van der Waals surface area contributed by atoms with E-state index in [0.29, 0.717) is 0 Å². The van der Waals surface area contributed by atoms with Gasteiger partial charge in [-0.2, -0.15) is 0 Å². The summed E-state index contributed by atoms with van der Waals surface area (Å²) >= 11 is 0. The SMILES string of the molecule is O=C(NC1CCOC2(CCCC2)C1)NC1CCCCC1O. The summed E-state index contributed by atoms with van der Waals surface area (Å²) in [5, 5.41) is 16.0. The average molecular weight is 296 g/mol. The molecule has 5 nitrogen and oxygen atoms in total. The second-order valence-corrected chi connectivity index (χ2v) is 7.00. The van der Waals surface area contributed by atoms with Gasteiger partial charge in [-0.05, 0) is 38.5 Å². The molecule has 0 aromatic heterocycles. The predicted octanol–water partition coefficient (Wildman–Crippen LogP) is 2.08. The Morgan fingerprint density at radius 2 is 1.81 bits per heavy atom. The smallest absolute Gasteiger partial charge is 0.315 e. The molecule has 5 heteroatoms. The number of carbonyl (C=O) groups is 1. The van der Waals surface area contributed by atoms with E-state index in [-0.39, 0.29) is 29.8 Å². The highest BCUT2D eigenvalue weighted by Gasteiger charge is 2.40. The zero-order valence-electron chi connectivity index (χ0n) is 12.8. The van der Waals surface area contributed by atoms with Crippen LogP contribution in [0.15, 0.2) is 0 Å². The van der Waals surface area contributed by atoms with E-state index in [0.717, 1.165) is 58.0 Å². The van der Waals surface area contributed by atoms with Crippen molar-refractivity contribution in [2.24, 2.45) is 0 Å². The predicted molar refractivity (Wildman–Crippen MR) is 80.1 cm³/mol. The molecule has 1 spiro atoms. The minimum absolute atomic E-state index is 0.0283.